The molecule has 0 saturated heterocycles. The van der Waals surface area contributed by atoms with Gasteiger partial charge in [-0.15, -0.1) is 11.8 Å². The van der Waals surface area contributed by atoms with Crippen LogP contribution in [0.15, 0.2) is 42.5 Å². The van der Waals surface area contributed by atoms with E-state index in [9.17, 15) is 9.59 Å². The number of thioether (sulfide) groups is 1. The summed E-state index contributed by atoms with van der Waals surface area (Å²) in [5, 5.41) is 4.33. The van der Waals surface area contributed by atoms with E-state index in [2.05, 4.69) is 5.32 Å². The summed E-state index contributed by atoms with van der Waals surface area (Å²) in [6.07, 6.45) is 0. The third kappa shape index (κ3) is 7.10. The van der Waals surface area contributed by atoms with E-state index < -0.39 is 6.04 Å². The number of nitrogens with zero attached hydrogens (tertiary/aromatic N) is 1. The predicted molar refractivity (Wildman–Crippen MR) is 123 cm³/mol. The third-order valence-electron chi connectivity index (χ3n) is 4.30. The number of hydrogen-bond acceptors (Lipinski definition) is 3. The highest BCUT2D eigenvalue weighted by Gasteiger charge is 2.26. The van der Waals surface area contributed by atoms with Gasteiger partial charge in [0.15, 0.2) is 0 Å². The van der Waals surface area contributed by atoms with Crippen LogP contribution in [0, 0.1) is 0 Å². The van der Waals surface area contributed by atoms with Crippen LogP contribution in [0.4, 0.5) is 0 Å². The molecule has 0 fully saturated rings. The molecule has 1 atom stereocenters. The summed E-state index contributed by atoms with van der Waals surface area (Å²) in [6, 6.07) is 12.1. The molecule has 0 aliphatic rings. The van der Waals surface area contributed by atoms with E-state index >= 15 is 0 Å². The maximum atomic E-state index is 13.0. The van der Waals surface area contributed by atoms with E-state index in [1.54, 1.807) is 30.0 Å². The van der Waals surface area contributed by atoms with Gasteiger partial charge in [-0.2, -0.15) is 0 Å². The number of benzene rings is 2. The van der Waals surface area contributed by atoms with Gasteiger partial charge in [-0.05, 0) is 43.2 Å². The molecular weight excluding hydrogens is 451 g/mol. The first-order chi connectivity index (χ1) is 13.8. The molecular formula is C21H23Cl3N2O2S. The van der Waals surface area contributed by atoms with Crippen molar-refractivity contribution in [3.05, 3.63) is 68.7 Å². The van der Waals surface area contributed by atoms with E-state index in [-0.39, 0.29) is 24.1 Å². The van der Waals surface area contributed by atoms with E-state index in [1.165, 1.54) is 11.8 Å². The molecule has 2 rings (SSSR count). The molecule has 0 aliphatic heterocycles. The van der Waals surface area contributed by atoms with Crippen LogP contribution in [-0.2, 0) is 21.9 Å². The van der Waals surface area contributed by atoms with Crippen molar-refractivity contribution in [2.45, 2.75) is 32.2 Å². The molecule has 156 valence electrons. The quantitative estimate of drug-likeness (QED) is 0.528. The van der Waals surface area contributed by atoms with Gasteiger partial charge in [0.05, 0.1) is 15.8 Å². The SMILES string of the molecule is CCNC(=O)[C@@H](C)N(Cc1ccccc1Cl)C(=O)CSCc1ccc(Cl)c(Cl)c1. The zero-order valence-electron chi connectivity index (χ0n) is 16.3. The lowest BCUT2D eigenvalue weighted by Gasteiger charge is -2.29. The second-order valence-electron chi connectivity index (χ2n) is 6.42. The zero-order chi connectivity index (χ0) is 21.4. The summed E-state index contributed by atoms with van der Waals surface area (Å²) in [5.41, 5.74) is 1.78. The summed E-state index contributed by atoms with van der Waals surface area (Å²) in [5.74, 6) is 0.517. The van der Waals surface area contributed by atoms with Crippen molar-refractivity contribution in [1.29, 1.82) is 0 Å². The average molecular weight is 474 g/mol. The average Bonchev–Trinajstić information content (AvgIpc) is 2.69. The van der Waals surface area contributed by atoms with Crippen LogP contribution in [0.1, 0.15) is 25.0 Å². The van der Waals surface area contributed by atoms with Gasteiger partial charge >= 0.3 is 0 Å². The molecule has 0 radical (unpaired) electrons. The Morgan fingerprint density at radius 2 is 1.79 bits per heavy atom. The van der Waals surface area contributed by atoms with Gasteiger partial charge in [-0.3, -0.25) is 9.59 Å². The maximum Gasteiger partial charge on any atom is 0.242 e. The second-order valence-corrected chi connectivity index (χ2v) is 8.63. The highest BCUT2D eigenvalue weighted by molar-refractivity contribution is 7.99. The molecule has 4 nitrogen and oxygen atoms in total. The zero-order valence-corrected chi connectivity index (χ0v) is 19.3. The number of likely N-dealkylation sites (N-methyl/N-ethyl adjacent to an activating group) is 1. The van der Waals surface area contributed by atoms with Crippen molar-refractivity contribution in [1.82, 2.24) is 10.2 Å². The summed E-state index contributed by atoms with van der Waals surface area (Å²) >= 11 is 19.7. The molecule has 0 bridgehead atoms. The van der Waals surface area contributed by atoms with Crippen LogP contribution in [0.3, 0.4) is 0 Å². The lowest BCUT2D eigenvalue weighted by atomic mass is 10.1. The van der Waals surface area contributed by atoms with Crippen LogP contribution in [0.5, 0.6) is 0 Å². The Hall–Kier alpha value is -1.40. The summed E-state index contributed by atoms with van der Waals surface area (Å²) in [7, 11) is 0. The van der Waals surface area contributed by atoms with Crippen molar-refractivity contribution in [2.75, 3.05) is 12.3 Å². The molecule has 8 heteroatoms. The molecule has 2 amide bonds. The standard InChI is InChI=1S/C21H23Cl3N2O2S/c1-3-25-21(28)14(2)26(11-16-6-4-5-7-17(16)22)20(27)13-29-12-15-8-9-18(23)19(24)10-15/h4-10,14H,3,11-13H2,1-2H3,(H,25,28)/t14-/m1/s1. The van der Waals surface area contributed by atoms with E-state index in [0.717, 1.165) is 11.1 Å². The minimum absolute atomic E-state index is 0.131. The van der Waals surface area contributed by atoms with Crippen molar-refractivity contribution in [3.63, 3.8) is 0 Å². The lowest BCUT2D eigenvalue weighted by molar-refractivity contribution is -0.138. The number of carbonyl (C=O) groups excluding carboxylic acids is 2. The number of halogens is 3. The van der Waals surface area contributed by atoms with Crippen LogP contribution in [0.25, 0.3) is 0 Å². The minimum atomic E-state index is -0.607. The van der Waals surface area contributed by atoms with Crippen LogP contribution >= 0.6 is 46.6 Å². The van der Waals surface area contributed by atoms with Gasteiger partial charge in [0.25, 0.3) is 0 Å². The second kappa shape index (κ2) is 11.7. The fraction of sp³-hybridized carbons (Fsp3) is 0.333. The minimum Gasteiger partial charge on any atom is -0.355 e. The van der Waals surface area contributed by atoms with Crippen LogP contribution < -0.4 is 5.32 Å². The normalized spacial score (nSPS) is 11.8. The lowest BCUT2D eigenvalue weighted by Crippen LogP contribution is -2.48. The number of nitrogens with one attached hydrogen (secondary N) is 1. The molecule has 0 heterocycles. The summed E-state index contributed by atoms with van der Waals surface area (Å²) in [4.78, 5) is 26.9. The fourth-order valence-corrected chi connectivity index (χ4v) is 4.06. The number of rotatable bonds is 9. The van der Waals surface area contributed by atoms with Gasteiger partial charge in [0, 0.05) is 23.9 Å². The van der Waals surface area contributed by atoms with Gasteiger partial charge in [0.1, 0.15) is 6.04 Å². The number of amides is 2. The van der Waals surface area contributed by atoms with Crippen LogP contribution in [-0.4, -0.2) is 35.1 Å². The maximum absolute atomic E-state index is 13.0. The molecule has 0 unspecified atom stereocenters. The molecule has 2 aromatic rings. The first-order valence-corrected chi connectivity index (χ1v) is 11.4. The number of carbonyl (C=O) groups is 2. The first-order valence-electron chi connectivity index (χ1n) is 9.15. The third-order valence-corrected chi connectivity index (χ3v) is 6.39. The first kappa shape index (κ1) is 23.9. The Labute approximate surface area is 190 Å². The fourth-order valence-electron chi connectivity index (χ4n) is 2.68. The smallest absolute Gasteiger partial charge is 0.242 e. The van der Waals surface area contributed by atoms with Gasteiger partial charge in [0.2, 0.25) is 11.8 Å². The van der Waals surface area contributed by atoms with Crippen molar-refractivity contribution < 1.29 is 9.59 Å². The molecule has 0 aliphatic carbocycles. The molecule has 2 aromatic carbocycles. The summed E-state index contributed by atoms with van der Waals surface area (Å²) < 4.78 is 0. The summed E-state index contributed by atoms with van der Waals surface area (Å²) in [6.45, 7) is 4.34. The van der Waals surface area contributed by atoms with E-state index in [0.29, 0.717) is 27.4 Å². The van der Waals surface area contributed by atoms with Gasteiger partial charge in [-0.1, -0.05) is 59.1 Å². The Bertz CT molecular complexity index is 864. The van der Waals surface area contributed by atoms with Crippen molar-refractivity contribution in [2.24, 2.45) is 0 Å². The van der Waals surface area contributed by atoms with Gasteiger partial charge in [-0.25, -0.2) is 0 Å². The van der Waals surface area contributed by atoms with E-state index in [1.807, 2.05) is 31.2 Å². The Morgan fingerprint density at radius 3 is 2.45 bits per heavy atom. The molecule has 29 heavy (non-hydrogen) atoms. The monoisotopic (exact) mass is 472 g/mol. The van der Waals surface area contributed by atoms with Gasteiger partial charge < -0.3 is 10.2 Å². The Morgan fingerprint density at radius 1 is 1.07 bits per heavy atom. The molecule has 0 spiro atoms. The van der Waals surface area contributed by atoms with Crippen molar-refractivity contribution >= 4 is 58.4 Å². The van der Waals surface area contributed by atoms with Crippen molar-refractivity contribution in [3.8, 4) is 0 Å². The topological polar surface area (TPSA) is 49.4 Å². The Balaban J connectivity index is 2.07. The largest absolute Gasteiger partial charge is 0.355 e. The van der Waals surface area contributed by atoms with E-state index in [4.69, 9.17) is 34.8 Å². The molecule has 1 N–H and O–H groups in total. The number of hydrogen-bond donors (Lipinski definition) is 1. The Kier molecular flexibility index (Phi) is 9.63. The predicted octanol–water partition coefficient (Wildman–Crippen LogP) is 5.43. The molecule has 0 saturated carbocycles. The van der Waals surface area contributed by atoms with Crippen LogP contribution in [0.2, 0.25) is 15.1 Å². The molecule has 0 aromatic heterocycles. The highest BCUT2D eigenvalue weighted by atomic mass is 35.5. The highest BCUT2D eigenvalue weighted by Crippen LogP contribution is 2.25.